The first-order chi connectivity index (χ1) is 7.70. The van der Waals surface area contributed by atoms with Crippen LogP contribution >= 0.6 is 0 Å². The molecule has 1 aliphatic carbocycles. The lowest BCUT2D eigenvalue weighted by Crippen LogP contribution is -2.51. The maximum atomic E-state index is 5.98. The third-order valence-electron chi connectivity index (χ3n) is 4.04. The summed E-state index contributed by atoms with van der Waals surface area (Å²) >= 11 is 0. The van der Waals surface area contributed by atoms with Crippen molar-refractivity contribution in [3.05, 3.63) is 0 Å². The second-order valence-corrected chi connectivity index (χ2v) is 5.53. The summed E-state index contributed by atoms with van der Waals surface area (Å²) in [7, 11) is 0. The molecule has 2 nitrogen and oxygen atoms in total. The average Bonchev–Trinajstić information content (AvgIpc) is 2.18. The summed E-state index contributed by atoms with van der Waals surface area (Å²) in [4.78, 5) is 2.65. The quantitative estimate of drug-likeness (QED) is 0.645. The van der Waals surface area contributed by atoms with E-state index in [2.05, 4.69) is 25.7 Å². The molecular formula is C14H30N2. The van der Waals surface area contributed by atoms with E-state index in [1.165, 1.54) is 45.1 Å². The predicted molar refractivity (Wildman–Crippen MR) is 71.6 cm³/mol. The van der Waals surface area contributed by atoms with Crippen LogP contribution in [0, 0.1) is 5.92 Å². The minimum Gasteiger partial charge on any atom is -0.329 e. The molecule has 0 aromatic carbocycles. The van der Waals surface area contributed by atoms with Gasteiger partial charge in [-0.3, -0.25) is 4.90 Å². The van der Waals surface area contributed by atoms with Crippen LogP contribution in [0.25, 0.3) is 0 Å². The SMILES string of the molecule is CCCCCN(C(C)C)C(CN)C1CCC1. The van der Waals surface area contributed by atoms with Crippen LogP contribution in [0.2, 0.25) is 0 Å². The van der Waals surface area contributed by atoms with Crippen LogP contribution in [0.15, 0.2) is 0 Å². The molecule has 0 bridgehead atoms. The first-order valence-electron chi connectivity index (χ1n) is 7.16. The normalized spacial score (nSPS) is 19.1. The smallest absolute Gasteiger partial charge is 0.0249 e. The van der Waals surface area contributed by atoms with E-state index in [1.54, 1.807) is 0 Å². The van der Waals surface area contributed by atoms with Gasteiger partial charge in [-0.25, -0.2) is 0 Å². The van der Waals surface area contributed by atoms with Crippen LogP contribution in [0.1, 0.15) is 59.3 Å². The molecule has 0 aromatic rings. The molecule has 1 unspecified atom stereocenters. The van der Waals surface area contributed by atoms with Gasteiger partial charge in [-0.2, -0.15) is 0 Å². The summed E-state index contributed by atoms with van der Waals surface area (Å²) in [5.41, 5.74) is 5.98. The van der Waals surface area contributed by atoms with Crippen molar-refractivity contribution < 1.29 is 0 Å². The minimum absolute atomic E-state index is 0.644. The van der Waals surface area contributed by atoms with E-state index in [9.17, 15) is 0 Å². The van der Waals surface area contributed by atoms with Gasteiger partial charge in [0.2, 0.25) is 0 Å². The van der Waals surface area contributed by atoms with E-state index in [1.807, 2.05) is 0 Å². The molecule has 16 heavy (non-hydrogen) atoms. The molecule has 1 aliphatic rings. The first-order valence-corrected chi connectivity index (χ1v) is 7.16. The van der Waals surface area contributed by atoms with Crippen LogP contribution in [0.3, 0.4) is 0 Å². The molecule has 0 saturated heterocycles. The second-order valence-electron chi connectivity index (χ2n) is 5.53. The monoisotopic (exact) mass is 226 g/mol. The second kappa shape index (κ2) is 7.29. The van der Waals surface area contributed by atoms with E-state index in [-0.39, 0.29) is 0 Å². The fourth-order valence-electron chi connectivity index (χ4n) is 2.77. The van der Waals surface area contributed by atoms with Crippen LogP contribution in [-0.2, 0) is 0 Å². The highest BCUT2D eigenvalue weighted by Crippen LogP contribution is 2.32. The molecule has 1 atom stereocenters. The van der Waals surface area contributed by atoms with Gasteiger partial charge in [-0.15, -0.1) is 0 Å². The zero-order valence-electron chi connectivity index (χ0n) is 11.4. The summed E-state index contributed by atoms with van der Waals surface area (Å²) in [6.07, 6.45) is 8.21. The van der Waals surface area contributed by atoms with Crippen molar-refractivity contribution in [2.75, 3.05) is 13.1 Å². The van der Waals surface area contributed by atoms with Crippen LogP contribution in [0.5, 0.6) is 0 Å². The van der Waals surface area contributed by atoms with E-state index < -0.39 is 0 Å². The largest absolute Gasteiger partial charge is 0.329 e. The highest BCUT2D eigenvalue weighted by molar-refractivity contribution is 4.86. The Bertz CT molecular complexity index is 176. The van der Waals surface area contributed by atoms with E-state index >= 15 is 0 Å². The molecule has 0 amide bonds. The summed E-state index contributed by atoms with van der Waals surface area (Å²) in [5.74, 6) is 0.883. The highest BCUT2D eigenvalue weighted by Gasteiger charge is 2.31. The number of unbranched alkanes of at least 4 members (excludes halogenated alkanes) is 2. The van der Waals surface area contributed by atoms with Crippen LogP contribution in [0.4, 0.5) is 0 Å². The zero-order chi connectivity index (χ0) is 12.0. The van der Waals surface area contributed by atoms with Crippen molar-refractivity contribution in [1.29, 1.82) is 0 Å². The lowest BCUT2D eigenvalue weighted by molar-refractivity contribution is 0.0729. The molecule has 2 N–H and O–H groups in total. The molecule has 0 heterocycles. The summed E-state index contributed by atoms with van der Waals surface area (Å²) < 4.78 is 0. The molecule has 1 saturated carbocycles. The molecule has 1 rings (SSSR count). The summed E-state index contributed by atoms with van der Waals surface area (Å²) in [6, 6.07) is 1.29. The van der Waals surface area contributed by atoms with Crippen molar-refractivity contribution in [3.8, 4) is 0 Å². The molecule has 0 radical (unpaired) electrons. The molecule has 96 valence electrons. The van der Waals surface area contributed by atoms with Gasteiger partial charge >= 0.3 is 0 Å². The van der Waals surface area contributed by atoms with Crippen LogP contribution < -0.4 is 5.73 Å². The Hall–Kier alpha value is -0.0800. The Labute approximate surface area is 102 Å². The number of hydrogen-bond acceptors (Lipinski definition) is 2. The Morgan fingerprint density at radius 1 is 1.25 bits per heavy atom. The first kappa shape index (κ1) is 14.0. The fourth-order valence-corrected chi connectivity index (χ4v) is 2.77. The molecule has 0 aromatic heterocycles. The van der Waals surface area contributed by atoms with Crippen molar-refractivity contribution in [3.63, 3.8) is 0 Å². The van der Waals surface area contributed by atoms with Gasteiger partial charge in [0.25, 0.3) is 0 Å². The standard InChI is InChI=1S/C14H30N2/c1-4-5-6-10-16(12(2)3)14(11-15)13-8-7-9-13/h12-14H,4-11,15H2,1-3H3. The van der Waals surface area contributed by atoms with Gasteiger partial charge in [0, 0.05) is 18.6 Å². The zero-order valence-corrected chi connectivity index (χ0v) is 11.4. The highest BCUT2D eigenvalue weighted by atomic mass is 15.2. The van der Waals surface area contributed by atoms with Gasteiger partial charge in [-0.05, 0) is 45.6 Å². The van der Waals surface area contributed by atoms with Gasteiger partial charge in [0.1, 0.15) is 0 Å². The molecule has 1 fully saturated rings. The van der Waals surface area contributed by atoms with Gasteiger partial charge in [0.15, 0.2) is 0 Å². The maximum Gasteiger partial charge on any atom is 0.0249 e. The maximum absolute atomic E-state index is 5.98. The molecule has 0 spiro atoms. The molecular weight excluding hydrogens is 196 g/mol. The van der Waals surface area contributed by atoms with Gasteiger partial charge < -0.3 is 5.73 Å². The summed E-state index contributed by atoms with van der Waals surface area (Å²) in [5, 5.41) is 0. The lowest BCUT2D eigenvalue weighted by Gasteiger charge is -2.43. The van der Waals surface area contributed by atoms with Crippen molar-refractivity contribution in [1.82, 2.24) is 4.90 Å². The molecule has 2 heteroatoms. The number of hydrogen-bond donors (Lipinski definition) is 1. The minimum atomic E-state index is 0.644. The van der Waals surface area contributed by atoms with Gasteiger partial charge in [-0.1, -0.05) is 26.2 Å². The Morgan fingerprint density at radius 2 is 1.94 bits per heavy atom. The van der Waals surface area contributed by atoms with Crippen LogP contribution in [-0.4, -0.2) is 30.1 Å². The third kappa shape index (κ3) is 3.74. The number of nitrogens with zero attached hydrogens (tertiary/aromatic N) is 1. The van der Waals surface area contributed by atoms with E-state index in [0.717, 1.165) is 12.5 Å². The van der Waals surface area contributed by atoms with Crippen molar-refractivity contribution in [2.45, 2.75) is 71.4 Å². The molecule has 0 aliphatic heterocycles. The van der Waals surface area contributed by atoms with E-state index in [4.69, 9.17) is 5.73 Å². The van der Waals surface area contributed by atoms with Gasteiger partial charge in [0.05, 0.1) is 0 Å². The topological polar surface area (TPSA) is 29.3 Å². The predicted octanol–water partition coefficient (Wildman–Crippen LogP) is 3.01. The van der Waals surface area contributed by atoms with Crippen molar-refractivity contribution in [2.24, 2.45) is 11.7 Å². The average molecular weight is 226 g/mol. The number of nitrogens with two attached hydrogens (primary N) is 1. The lowest BCUT2D eigenvalue weighted by atomic mass is 9.78. The number of rotatable bonds is 8. The van der Waals surface area contributed by atoms with Crippen molar-refractivity contribution >= 4 is 0 Å². The summed E-state index contributed by atoms with van der Waals surface area (Å²) in [6.45, 7) is 8.98. The Balaban J connectivity index is 2.44. The Morgan fingerprint density at radius 3 is 2.31 bits per heavy atom. The Kier molecular flexibility index (Phi) is 6.37. The third-order valence-corrected chi connectivity index (χ3v) is 4.04. The van der Waals surface area contributed by atoms with E-state index in [0.29, 0.717) is 12.1 Å². The fraction of sp³-hybridized carbons (Fsp3) is 1.00.